The molecule has 1 aliphatic rings. The lowest BCUT2D eigenvalue weighted by Crippen LogP contribution is -2.26. The number of benzene rings is 3. The van der Waals surface area contributed by atoms with Crippen molar-refractivity contribution in [3.63, 3.8) is 0 Å². The minimum atomic E-state index is -0.223. The third-order valence-electron chi connectivity index (χ3n) is 4.47. The van der Waals surface area contributed by atoms with Crippen molar-refractivity contribution in [2.75, 3.05) is 16.4 Å². The number of fused-ring (bicyclic) bond motifs is 1. The molecule has 7 heteroatoms. The lowest BCUT2D eigenvalue weighted by atomic mass is 10.1. The zero-order valence-electron chi connectivity index (χ0n) is 16.7. The van der Waals surface area contributed by atoms with Gasteiger partial charge in [0.1, 0.15) is 0 Å². The zero-order chi connectivity index (χ0) is 21.7. The fraction of sp³-hybridized carbons (Fsp3) is 0.130. The summed E-state index contributed by atoms with van der Waals surface area (Å²) in [6, 6.07) is 20.4. The second-order valence-corrected chi connectivity index (χ2v) is 8.72. The summed E-state index contributed by atoms with van der Waals surface area (Å²) in [5.41, 5.74) is 9.40. The first kappa shape index (κ1) is 21.8. The summed E-state index contributed by atoms with van der Waals surface area (Å²) in [7, 11) is 0. The number of aryl methyl sites for hydroxylation is 1. The van der Waals surface area contributed by atoms with Gasteiger partial charge in [-0.05, 0) is 61.9 Å². The number of rotatable bonds is 2. The molecular formula is C23H23N3O2S2. The van der Waals surface area contributed by atoms with Gasteiger partial charge in [0.05, 0.1) is 10.9 Å². The van der Waals surface area contributed by atoms with E-state index in [2.05, 4.69) is 23.3 Å². The van der Waals surface area contributed by atoms with Crippen LogP contribution in [-0.2, 0) is 4.79 Å². The molecule has 0 radical (unpaired) electrons. The Morgan fingerprint density at radius 2 is 1.87 bits per heavy atom. The highest BCUT2D eigenvalue weighted by molar-refractivity contribution is 8.00. The van der Waals surface area contributed by atoms with Crippen molar-refractivity contribution >= 4 is 53.3 Å². The highest BCUT2D eigenvalue weighted by Gasteiger charge is 2.23. The lowest BCUT2D eigenvalue weighted by molar-refractivity contribution is -0.115. The molecule has 0 fully saturated rings. The molecule has 1 atom stereocenters. The van der Waals surface area contributed by atoms with E-state index in [-0.39, 0.29) is 17.1 Å². The number of thiol groups is 1. The van der Waals surface area contributed by atoms with Gasteiger partial charge in [-0.1, -0.05) is 24.3 Å². The number of nitrogen functional groups attached to an aromatic ring is 1. The number of amides is 2. The Bertz CT molecular complexity index is 1060. The van der Waals surface area contributed by atoms with Crippen molar-refractivity contribution in [1.82, 2.24) is 0 Å². The summed E-state index contributed by atoms with van der Waals surface area (Å²) in [4.78, 5) is 25.8. The quantitative estimate of drug-likeness (QED) is 0.326. The first-order valence-electron chi connectivity index (χ1n) is 9.36. The van der Waals surface area contributed by atoms with Gasteiger partial charge in [0.2, 0.25) is 5.91 Å². The molecule has 0 saturated heterocycles. The maximum Gasteiger partial charge on any atom is 0.255 e. The maximum absolute atomic E-state index is 12.3. The van der Waals surface area contributed by atoms with E-state index in [1.165, 1.54) is 11.8 Å². The Kier molecular flexibility index (Phi) is 7.07. The lowest BCUT2D eigenvalue weighted by Gasteiger charge is -2.21. The third kappa shape index (κ3) is 5.58. The van der Waals surface area contributed by atoms with Crippen LogP contribution in [0.2, 0.25) is 0 Å². The van der Waals surface area contributed by atoms with E-state index in [0.29, 0.717) is 16.9 Å². The number of thioether (sulfide) groups is 1. The van der Waals surface area contributed by atoms with Crippen molar-refractivity contribution in [2.45, 2.75) is 28.9 Å². The topological polar surface area (TPSA) is 84.2 Å². The van der Waals surface area contributed by atoms with E-state index in [0.717, 1.165) is 21.0 Å². The van der Waals surface area contributed by atoms with Gasteiger partial charge in [0, 0.05) is 26.7 Å². The summed E-state index contributed by atoms with van der Waals surface area (Å²) in [5, 5.41) is 5.52. The normalized spacial score (nSPS) is 14.6. The van der Waals surface area contributed by atoms with E-state index in [4.69, 9.17) is 5.73 Å². The molecule has 2 amide bonds. The highest BCUT2D eigenvalue weighted by atomic mass is 32.2. The molecule has 0 saturated carbocycles. The van der Waals surface area contributed by atoms with Gasteiger partial charge in [-0.2, -0.15) is 0 Å². The number of carbonyl (C=O) groups excluding carboxylic acids is 2. The summed E-state index contributed by atoms with van der Waals surface area (Å²) >= 11 is 5.74. The summed E-state index contributed by atoms with van der Waals surface area (Å²) in [5.74, 6) is -0.266. The van der Waals surface area contributed by atoms with Crippen LogP contribution in [0.1, 0.15) is 22.8 Å². The Morgan fingerprint density at radius 1 is 1.10 bits per heavy atom. The van der Waals surface area contributed by atoms with Crippen molar-refractivity contribution in [3.05, 3.63) is 77.9 Å². The van der Waals surface area contributed by atoms with Crippen LogP contribution in [0.4, 0.5) is 17.1 Å². The summed E-state index contributed by atoms with van der Waals surface area (Å²) < 4.78 is 0. The molecule has 0 aromatic heterocycles. The number of nitrogens with one attached hydrogen (secondary N) is 2. The van der Waals surface area contributed by atoms with Crippen LogP contribution in [0.15, 0.2) is 76.5 Å². The largest absolute Gasteiger partial charge is 0.399 e. The van der Waals surface area contributed by atoms with Crippen LogP contribution in [0.25, 0.3) is 0 Å². The molecule has 4 rings (SSSR count). The van der Waals surface area contributed by atoms with E-state index >= 15 is 0 Å². The standard InChI is InChI=1S/C16H14N2O2S2.C7H9N/c1-9-15(19)18-13-7-10(5-6-14(13)22-9)16(20)17-11-3-2-4-12(21)8-11;1-6-4-2-3-5-7(6)8/h2-9,21H,1H3,(H,17,20)(H,18,19);2-5H,8H2,1H3. The maximum atomic E-state index is 12.3. The third-order valence-corrected chi connectivity index (χ3v) is 5.92. The zero-order valence-corrected chi connectivity index (χ0v) is 18.4. The number of carbonyl (C=O) groups is 2. The van der Waals surface area contributed by atoms with Crippen molar-refractivity contribution in [1.29, 1.82) is 0 Å². The fourth-order valence-electron chi connectivity index (χ4n) is 2.72. The molecule has 5 nitrogen and oxygen atoms in total. The number of hydrogen-bond acceptors (Lipinski definition) is 5. The molecule has 3 aromatic rings. The average Bonchev–Trinajstić information content (AvgIpc) is 2.71. The molecule has 30 heavy (non-hydrogen) atoms. The van der Waals surface area contributed by atoms with Crippen LogP contribution in [0, 0.1) is 6.92 Å². The van der Waals surface area contributed by atoms with Crippen LogP contribution in [-0.4, -0.2) is 17.1 Å². The van der Waals surface area contributed by atoms with E-state index in [1.54, 1.807) is 24.3 Å². The summed E-state index contributed by atoms with van der Waals surface area (Å²) in [6.45, 7) is 3.85. The van der Waals surface area contributed by atoms with Crippen LogP contribution in [0.5, 0.6) is 0 Å². The van der Waals surface area contributed by atoms with Gasteiger partial charge in [-0.3, -0.25) is 9.59 Å². The second-order valence-electron chi connectivity index (χ2n) is 6.82. The van der Waals surface area contributed by atoms with Crippen LogP contribution in [0.3, 0.4) is 0 Å². The molecule has 4 N–H and O–H groups in total. The molecule has 0 aliphatic carbocycles. The van der Waals surface area contributed by atoms with Gasteiger partial charge in [-0.15, -0.1) is 24.4 Å². The van der Waals surface area contributed by atoms with Crippen molar-refractivity contribution in [2.24, 2.45) is 0 Å². The van der Waals surface area contributed by atoms with E-state index in [1.807, 2.05) is 56.3 Å². The second kappa shape index (κ2) is 9.73. The Balaban J connectivity index is 0.000000269. The van der Waals surface area contributed by atoms with E-state index < -0.39 is 0 Å². The Morgan fingerprint density at radius 3 is 2.53 bits per heavy atom. The highest BCUT2D eigenvalue weighted by Crippen LogP contribution is 2.36. The molecule has 1 heterocycles. The van der Waals surface area contributed by atoms with Gasteiger partial charge >= 0.3 is 0 Å². The number of anilines is 3. The molecular weight excluding hydrogens is 414 g/mol. The van der Waals surface area contributed by atoms with Gasteiger partial charge < -0.3 is 16.4 Å². The average molecular weight is 438 g/mol. The smallest absolute Gasteiger partial charge is 0.255 e. The minimum Gasteiger partial charge on any atom is -0.399 e. The van der Waals surface area contributed by atoms with Crippen LogP contribution < -0.4 is 16.4 Å². The molecule has 154 valence electrons. The number of nitrogens with two attached hydrogens (primary N) is 1. The van der Waals surface area contributed by atoms with Crippen molar-refractivity contribution in [3.8, 4) is 0 Å². The van der Waals surface area contributed by atoms with Gasteiger partial charge in [-0.25, -0.2) is 0 Å². The van der Waals surface area contributed by atoms with Gasteiger partial charge in [0.25, 0.3) is 5.91 Å². The predicted molar refractivity (Wildman–Crippen MR) is 128 cm³/mol. The Hall–Kier alpha value is -2.90. The number of para-hydroxylation sites is 1. The predicted octanol–water partition coefficient (Wildman–Crippen LogP) is 5.24. The first-order valence-corrected chi connectivity index (χ1v) is 10.7. The number of hydrogen-bond donors (Lipinski definition) is 4. The molecule has 3 aromatic carbocycles. The molecule has 0 spiro atoms. The minimum absolute atomic E-state index is 0.0437. The van der Waals surface area contributed by atoms with E-state index in [9.17, 15) is 9.59 Å². The fourth-order valence-corrected chi connectivity index (χ4v) is 3.88. The van der Waals surface area contributed by atoms with Crippen molar-refractivity contribution < 1.29 is 9.59 Å². The molecule has 1 aliphatic heterocycles. The monoisotopic (exact) mass is 437 g/mol. The van der Waals surface area contributed by atoms with Crippen LogP contribution >= 0.6 is 24.4 Å². The summed E-state index contributed by atoms with van der Waals surface area (Å²) in [6.07, 6.45) is 0. The molecule has 0 bridgehead atoms. The molecule has 1 unspecified atom stereocenters. The SMILES string of the molecule is CC1Sc2ccc(C(=O)Nc3cccc(S)c3)cc2NC1=O.Cc1ccccc1N. The first-order chi connectivity index (χ1) is 14.3. The van der Waals surface area contributed by atoms with Gasteiger partial charge in [0.15, 0.2) is 0 Å². The Labute approximate surface area is 185 Å².